The van der Waals surface area contributed by atoms with Crippen LogP contribution in [0.5, 0.6) is 0 Å². The Morgan fingerprint density at radius 3 is 1.45 bits per heavy atom. The van der Waals surface area contributed by atoms with E-state index in [4.69, 9.17) is 4.74 Å². The highest BCUT2D eigenvalue weighted by Gasteiger charge is 2.91. The van der Waals surface area contributed by atoms with Crippen molar-refractivity contribution in [3.05, 3.63) is 0 Å². The number of alkyl halides is 13. The molecule has 186 valence electrons. The Labute approximate surface area is 169 Å². The summed E-state index contributed by atoms with van der Waals surface area (Å²) in [6, 6.07) is -0.478. The summed E-state index contributed by atoms with van der Waals surface area (Å²) in [6.45, 7) is 3.96. The molecule has 0 aromatic heterocycles. The average Bonchev–Trinajstić information content (AvgIpc) is 2.55. The van der Waals surface area contributed by atoms with E-state index in [1.807, 2.05) is 0 Å². The summed E-state index contributed by atoms with van der Waals surface area (Å²) in [4.78, 5) is 0. The topological polar surface area (TPSA) is 12.5 Å². The zero-order valence-electron chi connectivity index (χ0n) is 16.2. The van der Waals surface area contributed by atoms with E-state index >= 15 is 0 Å². The molecule has 1 aliphatic rings. The van der Waals surface area contributed by atoms with Gasteiger partial charge in [0.05, 0.1) is 13.2 Å². The molecule has 0 aromatic carbocycles. The lowest BCUT2D eigenvalue weighted by atomic mass is 9.72. The molecule has 0 spiro atoms. The molecule has 0 amide bonds. The van der Waals surface area contributed by atoms with Gasteiger partial charge in [0.2, 0.25) is 5.41 Å². The van der Waals surface area contributed by atoms with Crippen LogP contribution in [-0.4, -0.2) is 69.5 Å². The van der Waals surface area contributed by atoms with Crippen LogP contribution in [0.3, 0.4) is 0 Å². The van der Waals surface area contributed by atoms with E-state index in [1.54, 1.807) is 4.57 Å². The van der Waals surface area contributed by atoms with Crippen LogP contribution < -0.4 is 0 Å². The smallest absolute Gasteiger partial charge is 0.379 e. The van der Waals surface area contributed by atoms with Crippen LogP contribution in [-0.2, 0) is 4.74 Å². The van der Waals surface area contributed by atoms with E-state index in [-0.39, 0.29) is 26.3 Å². The molecule has 1 heterocycles. The first-order valence-corrected chi connectivity index (χ1v) is 12.0. The highest BCUT2D eigenvalue weighted by atomic mass is 28.3. The van der Waals surface area contributed by atoms with Crippen LogP contribution in [0.15, 0.2) is 0 Å². The maximum absolute atomic E-state index is 14.1. The Morgan fingerprint density at radius 1 is 0.677 bits per heavy atom. The molecule has 0 radical (unpaired) electrons. The van der Waals surface area contributed by atoms with Gasteiger partial charge in [0, 0.05) is 13.1 Å². The van der Waals surface area contributed by atoms with Crippen molar-refractivity contribution in [1.82, 2.24) is 4.57 Å². The summed E-state index contributed by atoms with van der Waals surface area (Å²) >= 11 is 0. The second kappa shape index (κ2) is 8.54. The first-order chi connectivity index (χ1) is 13.6. The standard InChI is InChI=1S/C15H20F13NOSi/c1-31(2,29-5-7-30-8-6-29)9-3-4-10(13(20,21)22,14(23,24)25)11(16,17)12(18,19)15(26,27)28/h3-9H2,1-2H3. The molecular formula is C15H20F13NOSi. The average molecular weight is 505 g/mol. The minimum atomic E-state index is -7.58. The summed E-state index contributed by atoms with van der Waals surface area (Å²) in [5.74, 6) is -15.1. The van der Waals surface area contributed by atoms with Gasteiger partial charge in [0.25, 0.3) is 0 Å². The van der Waals surface area contributed by atoms with Gasteiger partial charge in [0.1, 0.15) is 8.24 Å². The number of morpholine rings is 1. The van der Waals surface area contributed by atoms with E-state index in [0.29, 0.717) is 0 Å². The van der Waals surface area contributed by atoms with Gasteiger partial charge in [0.15, 0.2) is 0 Å². The minimum Gasteiger partial charge on any atom is -0.379 e. The van der Waals surface area contributed by atoms with Crippen LogP contribution in [0.2, 0.25) is 19.1 Å². The monoisotopic (exact) mass is 505 g/mol. The first-order valence-electron chi connectivity index (χ1n) is 8.85. The van der Waals surface area contributed by atoms with Gasteiger partial charge < -0.3 is 9.30 Å². The SMILES string of the molecule is C[Si](C)(CCCC(C(F)(F)F)(C(F)(F)F)C(F)(F)C(F)(F)C(F)(F)F)N1CCOCC1. The molecule has 1 fully saturated rings. The number of nitrogens with zero attached hydrogens (tertiary/aromatic N) is 1. The van der Waals surface area contributed by atoms with Gasteiger partial charge in [-0.05, 0) is 12.5 Å². The number of halogens is 13. The Morgan fingerprint density at radius 2 is 1.10 bits per heavy atom. The first kappa shape index (κ1) is 28.3. The van der Waals surface area contributed by atoms with Gasteiger partial charge in [-0.1, -0.05) is 19.5 Å². The molecule has 0 saturated carbocycles. The van der Waals surface area contributed by atoms with Crippen LogP contribution >= 0.6 is 0 Å². The van der Waals surface area contributed by atoms with Crippen molar-refractivity contribution < 1.29 is 61.8 Å². The van der Waals surface area contributed by atoms with E-state index in [0.717, 1.165) is 0 Å². The van der Waals surface area contributed by atoms with Crippen molar-refractivity contribution in [2.24, 2.45) is 5.41 Å². The van der Waals surface area contributed by atoms with E-state index in [2.05, 4.69) is 0 Å². The lowest BCUT2D eigenvalue weighted by Crippen LogP contribution is -2.70. The second-order valence-corrected chi connectivity index (χ2v) is 12.6. The Kier molecular flexibility index (Phi) is 7.78. The fraction of sp³-hybridized carbons (Fsp3) is 1.00. The summed E-state index contributed by atoms with van der Waals surface area (Å²) in [7, 11) is -2.80. The second-order valence-electron chi connectivity index (χ2n) is 7.81. The Bertz CT molecular complexity index is 592. The number of rotatable bonds is 7. The van der Waals surface area contributed by atoms with Crippen LogP contribution in [0, 0.1) is 5.41 Å². The van der Waals surface area contributed by atoms with Crippen LogP contribution in [0.1, 0.15) is 12.8 Å². The molecule has 31 heavy (non-hydrogen) atoms. The summed E-state index contributed by atoms with van der Waals surface area (Å²) in [6.07, 6.45) is -25.6. The highest BCUT2D eigenvalue weighted by Crippen LogP contribution is 2.67. The van der Waals surface area contributed by atoms with Crippen LogP contribution in [0.4, 0.5) is 57.1 Å². The fourth-order valence-corrected chi connectivity index (χ4v) is 6.27. The molecule has 1 saturated heterocycles. The molecule has 0 aliphatic carbocycles. The van der Waals surface area contributed by atoms with E-state index in [9.17, 15) is 57.1 Å². The molecule has 16 heteroatoms. The summed E-state index contributed by atoms with van der Waals surface area (Å²) < 4.78 is 179. The number of ether oxygens (including phenoxy) is 1. The lowest BCUT2D eigenvalue weighted by molar-refractivity contribution is -0.461. The molecule has 1 rings (SSSR count). The zero-order chi connectivity index (χ0) is 24.7. The van der Waals surface area contributed by atoms with E-state index < -0.39 is 62.9 Å². The van der Waals surface area contributed by atoms with Crippen molar-refractivity contribution in [2.75, 3.05) is 26.3 Å². The van der Waals surface area contributed by atoms with Crippen molar-refractivity contribution in [3.8, 4) is 0 Å². The minimum absolute atomic E-state index is 0.210. The third-order valence-electron chi connectivity index (χ3n) is 5.46. The molecule has 0 atom stereocenters. The van der Waals surface area contributed by atoms with Crippen LogP contribution in [0.25, 0.3) is 0 Å². The van der Waals surface area contributed by atoms with Crippen molar-refractivity contribution in [3.63, 3.8) is 0 Å². The van der Waals surface area contributed by atoms with Crippen molar-refractivity contribution in [2.45, 2.75) is 62.4 Å². The lowest BCUT2D eigenvalue weighted by Gasteiger charge is -2.46. The number of hydrogen-bond donors (Lipinski definition) is 0. The van der Waals surface area contributed by atoms with Crippen molar-refractivity contribution >= 4 is 8.24 Å². The van der Waals surface area contributed by atoms with Gasteiger partial charge in [-0.15, -0.1) is 0 Å². The molecule has 0 N–H and O–H groups in total. The molecule has 1 aliphatic heterocycles. The molecule has 0 bridgehead atoms. The fourth-order valence-electron chi connectivity index (χ4n) is 3.52. The van der Waals surface area contributed by atoms with Crippen molar-refractivity contribution in [1.29, 1.82) is 0 Å². The zero-order valence-corrected chi connectivity index (χ0v) is 17.2. The predicted molar refractivity (Wildman–Crippen MR) is 84.4 cm³/mol. The van der Waals surface area contributed by atoms with E-state index in [1.165, 1.54) is 13.1 Å². The van der Waals surface area contributed by atoms with Gasteiger partial charge in [-0.3, -0.25) is 0 Å². The Balaban J connectivity index is 3.39. The summed E-state index contributed by atoms with van der Waals surface area (Å²) in [5.41, 5.74) is -6.60. The maximum atomic E-state index is 14.1. The summed E-state index contributed by atoms with van der Waals surface area (Å²) in [5, 5.41) is 0. The normalized spacial score (nSPS) is 19.1. The van der Waals surface area contributed by atoms with Gasteiger partial charge >= 0.3 is 30.4 Å². The molecular weight excluding hydrogens is 485 g/mol. The predicted octanol–water partition coefficient (Wildman–Crippen LogP) is 6.25. The molecule has 0 aromatic rings. The largest absolute Gasteiger partial charge is 0.459 e. The maximum Gasteiger partial charge on any atom is 0.459 e. The van der Waals surface area contributed by atoms with Gasteiger partial charge in [-0.25, -0.2) is 0 Å². The number of hydrogen-bond acceptors (Lipinski definition) is 2. The highest BCUT2D eigenvalue weighted by molar-refractivity contribution is 6.74. The third kappa shape index (κ3) is 4.94. The quantitative estimate of drug-likeness (QED) is 0.300. The third-order valence-corrected chi connectivity index (χ3v) is 9.20. The molecule has 0 unspecified atom stereocenters. The van der Waals surface area contributed by atoms with Gasteiger partial charge in [-0.2, -0.15) is 57.1 Å². The Hall–Kier alpha value is -0.773. The molecule has 2 nitrogen and oxygen atoms in total.